The number of ether oxygens (including phenoxy) is 1. The summed E-state index contributed by atoms with van der Waals surface area (Å²) in [6.07, 6.45) is 1.99. The van der Waals surface area contributed by atoms with Gasteiger partial charge in [0.15, 0.2) is 11.9 Å². The number of nitrogens with two attached hydrogens (primary N) is 1. The summed E-state index contributed by atoms with van der Waals surface area (Å²) < 4.78 is 11.0. The molecule has 134 valence electrons. The van der Waals surface area contributed by atoms with Crippen molar-refractivity contribution in [1.82, 2.24) is 10.1 Å². The van der Waals surface area contributed by atoms with E-state index in [1.165, 1.54) is 12.8 Å². The summed E-state index contributed by atoms with van der Waals surface area (Å²) in [5.41, 5.74) is 7.00. The van der Waals surface area contributed by atoms with Crippen LogP contribution in [-0.4, -0.2) is 35.8 Å². The van der Waals surface area contributed by atoms with Gasteiger partial charge in [-0.15, -0.1) is 0 Å². The molecule has 0 saturated carbocycles. The molecule has 1 amide bonds. The van der Waals surface area contributed by atoms with Crippen LogP contribution in [0.2, 0.25) is 0 Å². The fourth-order valence-corrected chi connectivity index (χ4v) is 3.42. The highest BCUT2D eigenvalue weighted by atomic mass is 16.6. The second-order valence-electron chi connectivity index (χ2n) is 6.51. The van der Waals surface area contributed by atoms with E-state index in [1.54, 1.807) is 0 Å². The van der Waals surface area contributed by atoms with E-state index in [1.807, 2.05) is 36.4 Å². The van der Waals surface area contributed by atoms with Crippen LogP contribution in [-0.2, 0) is 4.74 Å². The Bertz CT molecular complexity index is 680. The minimum Gasteiger partial charge on any atom is -0.438 e. The Hall–Kier alpha value is -2.34. The molecule has 1 aromatic heterocycles. The molecular weight excluding hydrogens is 318 g/mol. The van der Waals surface area contributed by atoms with E-state index in [-0.39, 0.29) is 5.92 Å². The summed E-state index contributed by atoms with van der Waals surface area (Å²) in [5, 5.41) is 4.14. The number of aromatic nitrogens is 1. The van der Waals surface area contributed by atoms with Gasteiger partial charge in [-0.3, -0.25) is 0 Å². The highest BCUT2D eigenvalue weighted by Crippen LogP contribution is 2.32. The van der Waals surface area contributed by atoms with Crippen LogP contribution in [0.5, 0.6) is 0 Å². The number of hydrogen-bond acceptors (Lipinski definition) is 5. The van der Waals surface area contributed by atoms with Crippen molar-refractivity contribution in [3.63, 3.8) is 0 Å². The van der Waals surface area contributed by atoms with Gasteiger partial charge in [0, 0.05) is 24.1 Å². The van der Waals surface area contributed by atoms with Gasteiger partial charge in [-0.1, -0.05) is 42.4 Å². The number of amides is 1. The molecule has 25 heavy (non-hydrogen) atoms. The standard InChI is InChI=1S/C19H25N3O3/c1-2-14(13-22-10-6-7-11-22)18(24-19(20)23)17-12-16(21-25-17)15-8-4-3-5-9-15/h3-5,8-9,12,14,18H,2,6-7,10-11,13H2,1H3,(H2,20,23)/t14-,18-/m0/s1. The number of likely N-dealkylation sites (tertiary alicyclic amines) is 1. The van der Waals surface area contributed by atoms with Gasteiger partial charge in [0.1, 0.15) is 5.69 Å². The fourth-order valence-electron chi connectivity index (χ4n) is 3.42. The van der Waals surface area contributed by atoms with Crippen molar-refractivity contribution in [3.05, 3.63) is 42.2 Å². The maximum atomic E-state index is 11.4. The number of nitrogens with zero attached hydrogens (tertiary/aromatic N) is 2. The first-order chi connectivity index (χ1) is 12.2. The first-order valence-corrected chi connectivity index (χ1v) is 8.88. The predicted molar refractivity (Wildman–Crippen MR) is 94.8 cm³/mol. The Kier molecular flexibility index (Phi) is 5.71. The van der Waals surface area contributed by atoms with E-state index in [9.17, 15) is 4.79 Å². The Morgan fingerprint density at radius 3 is 2.68 bits per heavy atom. The molecule has 6 nitrogen and oxygen atoms in total. The second-order valence-corrected chi connectivity index (χ2v) is 6.51. The molecule has 0 aliphatic carbocycles. The van der Waals surface area contributed by atoms with Gasteiger partial charge in [-0.05, 0) is 32.4 Å². The number of primary amides is 1. The predicted octanol–water partition coefficient (Wildman–Crippen LogP) is 3.60. The van der Waals surface area contributed by atoms with Gasteiger partial charge < -0.3 is 19.9 Å². The van der Waals surface area contributed by atoms with Gasteiger partial charge in [0.2, 0.25) is 0 Å². The molecule has 3 rings (SSSR count). The molecule has 0 spiro atoms. The lowest BCUT2D eigenvalue weighted by Crippen LogP contribution is -2.32. The summed E-state index contributed by atoms with van der Waals surface area (Å²) in [7, 11) is 0. The first-order valence-electron chi connectivity index (χ1n) is 8.88. The van der Waals surface area contributed by atoms with Crippen LogP contribution in [0.4, 0.5) is 4.79 Å². The van der Waals surface area contributed by atoms with Gasteiger partial charge >= 0.3 is 6.09 Å². The smallest absolute Gasteiger partial charge is 0.405 e. The summed E-state index contributed by atoms with van der Waals surface area (Å²) in [4.78, 5) is 13.8. The summed E-state index contributed by atoms with van der Waals surface area (Å²) in [5.74, 6) is 0.658. The van der Waals surface area contributed by atoms with Gasteiger partial charge in [-0.2, -0.15) is 0 Å². The fraction of sp³-hybridized carbons (Fsp3) is 0.474. The Morgan fingerprint density at radius 1 is 1.32 bits per heavy atom. The molecule has 2 atom stereocenters. The zero-order valence-corrected chi connectivity index (χ0v) is 14.6. The molecule has 6 heteroatoms. The lowest BCUT2D eigenvalue weighted by Gasteiger charge is -2.27. The summed E-state index contributed by atoms with van der Waals surface area (Å²) >= 11 is 0. The molecule has 1 aliphatic rings. The third kappa shape index (κ3) is 4.39. The second kappa shape index (κ2) is 8.16. The molecular formula is C19H25N3O3. The molecule has 0 unspecified atom stereocenters. The topological polar surface area (TPSA) is 81.6 Å². The number of benzene rings is 1. The van der Waals surface area contributed by atoms with Crippen molar-refractivity contribution >= 4 is 6.09 Å². The monoisotopic (exact) mass is 343 g/mol. The summed E-state index contributed by atoms with van der Waals surface area (Å²) in [6, 6.07) is 11.6. The molecule has 2 aromatic rings. The molecule has 1 aliphatic heterocycles. The average Bonchev–Trinajstić information content (AvgIpc) is 3.30. The van der Waals surface area contributed by atoms with Crippen molar-refractivity contribution in [2.75, 3.05) is 19.6 Å². The molecule has 0 radical (unpaired) electrons. The van der Waals surface area contributed by atoms with Crippen LogP contribution >= 0.6 is 0 Å². The normalized spacial score (nSPS) is 17.3. The zero-order valence-electron chi connectivity index (χ0n) is 14.6. The van der Waals surface area contributed by atoms with Crippen LogP contribution < -0.4 is 5.73 Å². The number of rotatable bonds is 7. The molecule has 1 aromatic carbocycles. The van der Waals surface area contributed by atoms with Crippen molar-refractivity contribution < 1.29 is 14.1 Å². The Morgan fingerprint density at radius 2 is 2.04 bits per heavy atom. The minimum atomic E-state index is -0.789. The Labute approximate surface area is 147 Å². The van der Waals surface area contributed by atoms with Gasteiger partial charge in [0.05, 0.1) is 0 Å². The maximum Gasteiger partial charge on any atom is 0.405 e. The molecule has 1 fully saturated rings. The molecule has 2 heterocycles. The first kappa shape index (κ1) is 17.5. The highest BCUT2D eigenvalue weighted by Gasteiger charge is 2.31. The average molecular weight is 343 g/mol. The third-order valence-electron chi connectivity index (χ3n) is 4.77. The third-order valence-corrected chi connectivity index (χ3v) is 4.77. The van der Waals surface area contributed by atoms with Crippen molar-refractivity contribution in [2.24, 2.45) is 11.7 Å². The number of hydrogen-bond donors (Lipinski definition) is 1. The Balaban J connectivity index is 1.81. The van der Waals surface area contributed by atoms with Crippen LogP contribution in [0.25, 0.3) is 11.3 Å². The molecule has 0 bridgehead atoms. The van der Waals surface area contributed by atoms with Crippen molar-refractivity contribution in [3.8, 4) is 11.3 Å². The van der Waals surface area contributed by atoms with E-state index < -0.39 is 12.2 Å². The maximum absolute atomic E-state index is 11.4. The largest absolute Gasteiger partial charge is 0.438 e. The van der Waals surface area contributed by atoms with Crippen LogP contribution in [0.15, 0.2) is 40.9 Å². The number of carbonyl (C=O) groups excluding carboxylic acids is 1. The van der Waals surface area contributed by atoms with Crippen molar-refractivity contribution in [1.29, 1.82) is 0 Å². The lowest BCUT2D eigenvalue weighted by atomic mass is 9.96. The van der Waals surface area contributed by atoms with Gasteiger partial charge in [-0.25, -0.2) is 4.79 Å². The van der Waals surface area contributed by atoms with Gasteiger partial charge in [0.25, 0.3) is 0 Å². The quantitative estimate of drug-likeness (QED) is 0.830. The highest BCUT2D eigenvalue weighted by molar-refractivity contribution is 5.65. The molecule has 2 N–H and O–H groups in total. The van der Waals surface area contributed by atoms with E-state index in [0.717, 1.165) is 37.3 Å². The van der Waals surface area contributed by atoms with E-state index in [4.69, 9.17) is 15.0 Å². The van der Waals surface area contributed by atoms with E-state index in [2.05, 4.69) is 17.0 Å². The van der Waals surface area contributed by atoms with Crippen molar-refractivity contribution in [2.45, 2.75) is 32.3 Å². The van der Waals surface area contributed by atoms with Crippen LogP contribution in [0, 0.1) is 5.92 Å². The van der Waals surface area contributed by atoms with Crippen LogP contribution in [0.1, 0.15) is 38.1 Å². The van der Waals surface area contributed by atoms with E-state index in [0.29, 0.717) is 5.76 Å². The van der Waals surface area contributed by atoms with E-state index >= 15 is 0 Å². The zero-order chi connectivity index (χ0) is 17.6. The molecule has 1 saturated heterocycles. The number of carbonyl (C=O) groups is 1. The summed E-state index contributed by atoms with van der Waals surface area (Å²) in [6.45, 7) is 5.12. The lowest BCUT2D eigenvalue weighted by molar-refractivity contribution is 0.0354. The van der Waals surface area contributed by atoms with Crippen LogP contribution in [0.3, 0.4) is 0 Å². The SMILES string of the molecule is CC[C@@H](CN1CCCC1)[C@H](OC(N)=O)c1cc(-c2ccccc2)no1. The minimum absolute atomic E-state index is 0.113.